The van der Waals surface area contributed by atoms with Crippen molar-refractivity contribution < 1.29 is 19.8 Å². The van der Waals surface area contributed by atoms with Crippen LogP contribution in [-0.2, 0) is 9.59 Å². The van der Waals surface area contributed by atoms with Crippen LogP contribution in [0.4, 0.5) is 0 Å². The zero-order chi connectivity index (χ0) is 6.57. The van der Waals surface area contributed by atoms with Gasteiger partial charge in [-0.1, -0.05) is 0 Å². The highest BCUT2D eigenvalue weighted by atomic mass is 35.5. The average Bonchev–Trinajstić information content (AvgIpc) is 1.61. The topological polar surface area (TPSA) is 80.3 Å². The molecule has 9 heavy (non-hydrogen) atoms. The van der Waals surface area contributed by atoms with E-state index in [4.69, 9.17) is 0 Å². The molecule has 0 aliphatic heterocycles. The van der Waals surface area contributed by atoms with Gasteiger partial charge in [0.15, 0.2) is 0 Å². The second kappa shape index (κ2) is 5.37. The summed E-state index contributed by atoms with van der Waals surface area (Å²) in [4.78, 5) is 19.0. The maximum Gasteiger partial charge on any atom is 0.0418 e. The molecule has 0 bridgehead atoms. The number of carboxylic acids is 2. The van der Waals surface area contributed by atoms with Gasteiger partial charge in [-0.05, 0) is 12.8 Å². The summed E-state index contributed by atoms with van der Waals surface area (Å²) in [5.74, 6) is -2.73. The first-order valence-electron chi connectivity index (χ1n) is 2.02. The van der Waals surface area contributed by atoms with E-state index in [0.29, 0.717) is 0 Å². The number of hydrogen-bond donors (Lipinski definition) is 0. The van der Waals surface area contributed by atoms with Crippen molar-refractivity contribution >= 4 is 24.3 Å². The van der Waals surface area contributed by atoms with Crippen molar-refractivity contribution in [1.29, 1.82) is 0 Å². The molecule has 0 N–H and O–H groups in total. The summed E-state index contributed by atoms with van der Waals surface area (Å²) in [5, 5.41) is 19.0. The van der Waals surface area contributed by atoms with E-state index >= 15 is 0 Å². The highest BCUT2D eigenvalue weighted by molar-refractivity contribution is 5.85. The van der Waals surface area contributed by atoms with E-state index in [1.807, 2.05) is 0 Å². The van der Waals surface area contributed by atoms with E-state index in [-0.39, 0.29) is 12.4 Å². The fourth-order valence-electron chi connectivity index (χ4n) is 0.204. The fourth-order valence-corrected chi connectivity index (χ4v) is 0.204. The van der Waals surface area contributed by atoms with Crippen LogP contribution in [0.1, 0.15) is 12.8 Å². The minimum absolute atomic E-state index is 0. The number of carbonyl (C=O) groups is 2. The molecule has 0 saturated carbocycles. The quantitative estimate of drug-likeness (QED) is 0.455. The maximum absolute atomic E-state index is 9.50. The Morgan fingerprint density at radius 2 is 1.22 bits per heavy atom. The Kier molecular flexibility index (Phi) is 6.61. The largest absolute Gasteiger partial charge is 0.550 e. The summed E-state index contributed by atoms with van der Waals surface area (Å²) in [6.07, 6.45) is -0.940. The molecular formula is C4H5ClO4-2. The summed E-state index contributed by atoms with van der Waals surface area (Å²) in [6.45, 7) is 0. The van der Waals surface area contributed by atoms with Crippen molar-refractivity contribution in [3.63, 3.8) is 0 Å². The smallest absolute Gasteiger partial charge is 0.0418 e. The van der Waals surface area contributed by atoms with Gasteiger partial charge in [0.25, 0.3) is 0 Å². The second-order valence-corrected chi connectivity index (χ2v) is 1.24. The number of carbonyl (C=O) groups excluding carboxylic acids is 2. The summed E-state index contributed by atoms with van der Waals surface area (Å²) < 4.78 is 0. The van der Waals surface area contributed by atoms with E-state index in [9.17, 15) is 19.8 Å². The van der Waals surface area contributed by atoms with Crippen LogP contribution in [0.25, 0.3) is 0 Å². The Hall–Kier alpha value is -0.770. The van der Waals surface area contributed by atoms with Crippen LogP contribution in [-0.4, -0.2) is 11.9 Å². The molecule has 0 aromatic rings. The van der Waals surface area contributed by atoms with Crippen LogP contribution < -0.4 is 10.2 Å². The average molecular weight is 153 g/mol. The summed E-state index contributed by atoms with van der Waals surface area (Å²) in [7, 11) is 0. The molecule has 0 aromatic heterocycles. The molecular weight excluding hydrogens is 147 g/mol. The summed E-state index contributed by atoms with van der Waals surface area (Å²) >= 11 is 0. The fraction of sp³-hybridized carbons (Fsp3) is 0.500. The molecule has 0 aromatic carbocycles. The van der Waals surface area contributed by atoms with Gasteiger partial charge in [-0.2, -0.15) is 0 Å². The molecule has 0 aliphatic carbocycles. The lowest BCUT2D eigenvalue weighted by atomic mass is 10.3. The van der Waals surface area contributed by atoms with Gasteiger partial charge in [-0.3, -0.25) is 0 Å². The molecule has 0 aliphatic rings. The normalized spacial score (nSPS) is 7.56. The minimum Gasteiger partial charge on any atom is -0.550 e. The third-order valence-electron chi connectivity index (χ3n) is 0.533. The third-order valence-corrected chi connectivity index (χ3v) is 0.533. The van der Waals surface area contributed by atoms with Crippen LogP contribution in [0.3, 0.4) is 0 Å². The van der Waals surface area contributed by atoms with Crippen LogP contribution in [0.5, 0.6) is 0 Å². The molecule has 54 valence electrons. The van der Waals surface area contributed by atoms with E-state index in [0.717, 1.165) is 0 Å². The standard InChI is InChI=1S/C4H6O4.ClH/c5-3(6)1-2-4(7)8;/h1-2H2,(H,5,6)(H,7,8);1H/p-2. The van der Waals surface area contributed by atoms with Gasteiger partial charge in [0, 0.05) is 11.9 Å². The van der Waals surface area contributed by atoms with Crippen LogP contribution in [0, 0.1) is 0 Å². The number of rotatable bonds is 3. The van der Waals surface area contributed by atoms with Crippen LogP contribution >= 0.6 is 12.4 Å². The minimum atomic E-state index is -1.37. The molecule has 0 heterocycles. The lowest BCUT2D eigenvalue weighted by Gasteiger charge is -2.00. The second-order valence-electron chi connectivity index (χ2n) is 1.24. The Morgan fingerprint density at radius 3 is 1.33 bits per heavy atom. The molecule has 0 rings (SSSR count). The van der Waals surface area contributed by atoms with Gasteiger partial charge in [-0.15, -0.1) is 12.4 Å². The Balaban J connectivity index is 0. The van der Waals surface area contributed by atoms with E-state index < -0.39 is 24.8 Å². The number of halogens is 1. The van der Waals surface area contributed by atoms with Crippen LogP contribution in [0.15, 0.2) is 0 Å². The molecule has 5 heteroatoms. The molecule has 0 unspecified atom stereocenters. The molecule has 0 atom stereocenters. The Bertz CT molecular complexity index is 97.1. The maximum atomic E-state index is 9.50. The van der Waals surface area contributed by atoms with Gasteiger partial charge < -0.3 is 19.8 Å². The van der Waals surface area contributed by atoms with Gasteiger partial charge in [0.1, 0.15) is 0 Å². The SMILES string of the molecule is Cl.O=C([O-])CCC(=O)[O-]. The van der Waals surface area contributed by atoms with Crippen molar-refractivity contribution in [1.82, 2.24) is 0 Å². The zero-order valence-electron chi connectivity index (χ0n) is 4.46. The summed E-state index contributed by atoms with van der Waals surface area (Å²) in [6, 6.07) is 0. The zero-order valence-corrected chi connectivity index (χ0v) is 5.27. The first-order valence-corrected chi connectivity index (χ1v) is 2.02. The lowest BCUT2D eigenvalue weighted by Crippen LogP contribution is -2.27. The van der Waals surface area contributed by atoms with Gasteiger partial charge in [0.05, 0.1) is 0 Å². The Morgan fingerprint density at radius 1 is 1.00 bits per heavy atom. The van der Waals surface area contributed by atoms with Crippen molar-refractivity contribution in [2.45, 2.75) is 12.8 Å². The molecule has 0 spiro atoms. The lowest BCUT2D eigenvalue weighted by molar-refractivity contribution is -0.315. The van der Waals surface area contributed by atoms with Crippen LogP contribution in [0.2, 0.25) is 0 Å². The first-order chi connectivity index (χ1) is 3.63. The molecule has 0 saturated heterocycles. The molecule has 0 amide bonds. The van der Waals surface area contributed by atoms with Crippen molar-refractivity contribution in [3.05, 3.63) is 0 Å². The van der Waals surface area contributed by atoms with Crippen molar-refractivity contribution in [3.8, 4) is 0 Å². The van der Waals surface area contributed by atoms with E-state index in [2.05, 4.69) is 0 Å². The highest BCUT2D eigenvalue weighted by Crippen LogP contribution is 1.81. The predicted octanol–water partition coefficient (Wildman–Crippen LogP) is -2.31. The first kappa shape index (κ1) is 11.1. The van der Waals surface area contributed by atoms with Crippen molar-refractivity contribution in [2.24, 2.45) is 0 Å². The molecule has 0 radical (unpaired) electrons. The van der Waals surface area contributed by atoms with Crippen molar-refractivity contribution in [2.75, 3.05) is 0 Å². The number of carboxylic acid groups (broad SMARTS) is 2. The molecule has 0 fully saturated rings. The Labute approximate surface area is 57.9 Å². The van der Waals surface area contributed by atoms with E-state index in [1.54, 1.807) is 0 Å². The highest BCUT2D eigenvalue weighted by Gasteiger charge is 1.85. The van der Waals surface area contributed by atoms with E-state index in [1.165, 1.54) is 0 Å². The number of hydrogen-bond acceptors (Lipinski definition) is 4. The monoisotopic (exact) mass is 152 g/mol. The predicted molar refractivity (Wildman–Crippen MR) is 26.5 cm³/mol. The third kappa shape index (κ3) is 11.1. The van der Waals surface area contributed by atoms with Gasteiger partial charge in [0.2, 0.25) is 0 Å². The van der Waals surface area contributed by atoms with Gasteiger partial charge in [-0.25, -0.2) is 0 Å². The summed E-state index contributed by atoms with van der Waals surface area (Å²) in [5.41, 5.74) is 0. The number of aliphatic carboxylic acids is 2. The van der Waals surface area contributed by atoms with Gasteiger partial charge >= 0.3 is 0 Å². The molecule has 4 nitrogen and oxygen atoms in total.